The molecule has 0 spiro atoms. The lowest BCUT2D eigenvalue weighted by atomic mass is 9.99. The lowest BCUT2D eigenvalue weighted by Crippen LogP contribution is -2.47. The maximum absolute atomic E-state index is 12.0. The monoisotopic (exact) mass is 379 g/mol. The highest BCUT2D eigenvalue weighted by molar-refractivity contribution is 5.86. The zero-order chi connectivity index (χ0) is 20.6. The first-order valence-electron chi connectivity index (χ1n) is 8.93. The van der Waals surface area contributed by atoms with E-state index in [0.29, 0.717) is 12.2 Å². The predicted molar refractivity (Wildman–Crippen MR) is 101 cm³/mol. The van der Waals surface area contributed by atoms with Crippen LogP contribution in [0.4, 0.5) is 0 Å². The third-order valence-corrected chi connectivity index (χ3v) is 4.29. The molecule has 0 bridgehead atoms. The SMILES string of the molecule is CC[C@H](C)[C@@H](NC(=O)COC(=O)COc1c(C)cc(C)cc1C)C(=O)OC. The summed E-state index contributed by atoms with van der Waals surface area (Å²) in [4.78, 5) is 35.6. The highest BCUT2D eigenvalue weighted by Gasteiger charge is 2.27. The molecule has 1 amide bonds. The number of rotatable bonds is 9. The average Bonchev–Trinajstić information content (AvgIpc) is 2.62. The summed E-state index contributed by atoms with van der Waals surface area (Å²) in [5.41, 5.74) is 2.96. The molecule has 1 rings (SSSR count). The van der Waals surface area contributed by atoms with E-state index in [4.69, 9.17) is 14.2 Å². The van der Waals surface area contributed by atoms with E-state index >= 15 is 0 Å². The van der Waals surface area contributed by atoms with Crippen molar-refractivity contribution in [1.29, 1.82) is 0 Å². The lowest BCUT2D eigenvalue weighted by molar-refractivity contribution is -0.152. The second-order valence-corrected chi connectivity index (χ2v) is 6.63. The molecule has 0 aliphatic rings. The van der Waals surface area contributed by atoms with Crippen LogP contribution in [0.1, 0.15) is 37.0 Å². The molecule has 0 aliphatic carbocycles. The summed E-state index contributed by atoms with van der Waals surface area (Å²) in [5, 5.41) is 2.54. The largest absolute Gasteiger partial charge is 0.481 e. The molecule has 7 heteroatoms. The Morgan fingerprint density at radius 1 is 1.07 bits per heavy atom. The van der Waals surface area contributed by atoms with Crippen LogP contribution in [-0.4, -0.2) is 44.2 Å². The molecule has 0 fully saturated rings. The summed E-state index contributed by atoms with van der Waals surface area (Å²) in [5.74, 6) is -1.24. The quantitative estimate of drug-likeness (QED) is 0.662. The van der Waals surface area contributed by atoms with E-state index in [2.05, 4.69) is 5.32 Å². The van der Waals surface area contributed by atoms with E-state index in [1.54, 1.807) is 0 Å². The first-order valence-corrected chi connectivity index (χ1v) is 8.93. The Balaban J connectivity index is 2.52. The van der Waals surface area contributed by atoms with E-state index in [1.165, 1.54) is 7.11 Å². The van der Waals surface area contributed by atoms with E-state index in [-0.39, 0.29) is 12.5 Å². The van der Waals surface area contributed by atoms with Gasteiger partial charge in [-0.2, -0.15) is 0 Å². The second kappa shape index (κ2) is 10.5. The average molecular weight is 379 g/mol. The van der Waals surface area contributed by atoms with Gasteiger partial charge in [0.15, 0.2) is 13.2 Å². The molecule has 1 aromatic rings. The maximum Gasteiger partial charge on any atom is 0.344 e. The van der Waals surface area contributed by atoms with E-state index < -0.39 is 30.5 Å². The van der Waals surface area contributed by atoms with Crippen molar-refractivity contribution in [2.24, 2.45) is 5.92 Å². The summed E-state index contributed by atoms with van der Waals surface area (Å²) < 4.78 is 15.2. The fraction of sp³-hybridized carbons (Fsp3) is 0.550. The van der Waals surface area contributed by atoms with Gasteiger partial charge in [0.1, 0.15) is 11.8 Å². The molecule has 1 N–H and O–H groups in total. The molecule has 7 nitrogen and oxygen atoms in total. The Morgan fingerprint density at radius 3 is 2.19 bits per heavy atom. The third kappa shape index (κ3) is 6.92. The molecule has 0 unspecified atom stereocenters. The van der Waals surface area contributed by atoms with Gasteiger partial charge >= 0.3 is 11.9 Å². The first-order chi connectivity index (χ1) is 12.7. The number of aryl methyl sites for hydroxylation is 3. The number of carbonyl (C=O) groups is 3. The lowest BCUT2D eigenvalue weighted by Gasteiger charge is -2.21. The van der Waals surface area contributed by atoms with Crippen LogP contribution in [0.15, 0.2) is 12.1 Å². The van der Waals surface area contributed by atoms with E-state index in [9.17, 15) is 14.4 Å². The number of hydrogen-bond acceptors (Lipinski definition) is 6. The smallest absolute Gasteiger partial charge is 0.344 e. The van der Waals surface area contributed by atoms with Gasteiger partial charge in [0, 0.05) is 0 Å². The van der Waals surface area contributed by atoms with Crippen molar-refractivity contribution in [2.45, 2.75) is 47.1 Å². The van der Waals surface area contributed by atoms with Gasteiger partial charge in [-0.05, 0) is 37.8 Å². The number of hydrogen-bond donors (Lipinski definition) is 1. The number of nitrogens with one attached hydrogen (secondary N) is 1. The van der Waals surface area contributed by atoms with Crippen molar-refractivity contribution in [2.75, 3.05) is 20.3 Å². The fourth-order valence-corrected chi connectivity index (χ4v) is 2.72. The molecule has 0 radical (unpaired) electrons. The van der Waals surface area contributed by atoms with Gasteiger partial charge in [0.05, 0.1) is 7.11 Å². The summed E-state index contributed by atoms with van der Waals surface area (Å²) in [6.07, 6.45) is 0.683. The summed E-state index contributed by atoms with van der Waals surface area (Å²) in [6.45, 7) is 8.72. The minimum Gasteiger partial charge on any atom is -0.481 e. The van der Waals surface area contributed by atoms with Crippen LogP contribution in [0.25, 0.3) is 0 Å². The predicted octanol–water partition coefficient (Wildman–Crippen LogP) is 2.24. The van der Waals surface area contributed by atoms with Crippen LogP contribution < -0.4 is 10.1 Å². The van der Waals surface area contributed by atoms with Gasteiger partial charge in [-0.25, -0.2) is 9.59 Å². The van der Waals surface area contributed by atoms with Gasteiger partial charge in [0.25, 0.3) is 5.91 Å². The molecule has 1 aromatic carbocycles. The van der Waals surface area contributed by atoms with Crippen molar-refractivity contribution in [3.05, 3.63) is 28.8 Å². The molecule has 2 atom stereocenters. The summed E-state index contributed by atoms with van der Waals surface area (Å²) in [6, 6.07) is 3.15. The fourth-order valence-electron chi connectivity index (χ4n) is 2.72. The number of amides is 1. The Kier molecular flexibility index (Phi) is 8.78. The molecular weight excluding hydrogens is 350 g/mol. The van der Waals surface area contributed by atoms with Crippen molar-refractivity contribution < 1.29 is 28.6 Å². The van der Waals surface area contributed by atoms with Crippen LogP contribution in [0.5, 0.6) is 5.75 Å². The third-order valence-electron chi connectivity index (χ3n) is 4.29. The second-order valence-electron chi connectivity index (χ2n) is 6.63. The van der Waals surface area contributed by atoms with Crippen LogP contribution in [-0.2, 0) is 23.9 Å². The number of esters is 2. The highest BCUT2D eigenvalue weighted by atomic mass is 16.6. The molecule has 0 saturated carbocycles. The number of ether oxygens (including phenoxy) is 3. The minimum absolute atomic E-state index is 0.104. The zero-order valence-corrected chi connectivity index (χ0v) is 16.9. The Morgan fingerprint density at radius 2 is 1.67 bits per heavy atom. The summed E-state index contributed by atoms with van der Waals surface area (Å²) >= 11 is 0. The Labute approximate surface area is 160 Å². The topological polar surface area (TPSA) is 90.9 Å². The Bertz CT molecular complexity index is 662. The first kappa shape index (κ1) is 22.5. The van der Waals surface area contributed by atoms with Crippen molar-refractivity contribution in [1.82, 2.24) is 5.32 Å². The van der Waals surface area contributed by atoms with Crippen molar-refractivity contribution in [3.8, 4) is 5.75 Å². The summed E-state index contributed by atoms with van der Waals surface area (Å²) in [7, 11) is 1.26. The number of carbonyl (C=O) groups excluding carboxylic acids is 3. The normalized spacial score (nSPS) is 12.7. The standard InChI is InChI=1S/C20H29NO6/c1-7-13(3)18(20(24)25-6)21-16(22)10-26-17(23)11-27-19-14(4)8-12(2)9-15(19)5/h8-9,13,18H,7,10-11H2,1-6H3,(H,21,22)/t13-,18+/m0/s1. The van der Waals surface area contributed by atoms with Crippen LogP contribution in [0.3, 0.4) is 0 Å². The van der Waals surface area contributed by atoms with Crippen molar-refractivity contribution in [3.63, 3.8) is 0 Å². The van der Waals surface area contributed by atoms with Crippen LogP contribution in [0, 0.1) is 26.7 Å². The molecule has 0 heterocycles. The molecule has 27 heavy (non-hydrogen) atoms. The number of benzene rings is 1. The molecule has 150 valence electrons. The van der Waals surface area contributed by atoms with Gasteiger partial charge in [-0.15, -0.1) is 0 Å². The number of methoxy groups -OCH3 is 1. The van der Waals surface area contributed by atoms with Gasteiger partial charge in [0.2, 0.25) is 0 Å². The van der Waals surface area contributed by atoms with Crippen molar-refractivity contribution >= 4 is 17.8 Å². The minimum atomic E-state index is -0.777. The Hall–Kier alpha value is -2.57. The molecular formula is C20H29NO6. The van der Waals surface area contributed by atoms with Crippen LogP contribution in [0.2, 0.25) is 0 Å². The molecule has 0 aliphatic heterocycles. The zero-order valence-electron chi connectivity index (χ0n) is 16.9. The van der Waals surface area contributed by atoms with Gasteiger partial charge in [-0.3, -0.25) is 4.79 Å². The highest BCUT2D eigenvalue weighted by Crippen LogP contribution is 2.24. The van der Waals surface area contributed by atoms with Gasteiger partial charge < -0.3 is 19.5 Å². The molecule has 0 aromatic heterocycles. The van der Waals surface area contributed by atoms with E-state index in [1.807, 2.05) is 46.8 Å². The van der Waals surface area contributed by atoms with Gasteiger partial charge in [-0.1, -0.05) is 38.0 Å². The van der Waals surface area contributed by atoms with E-state index in [0.717, 1.165) is 16.7 Å². The maximum atomic E-state index is 12.0. The molecule has 0 saturated heterocycles. The van der Waals surface area contributed by atoms with Crippen LogP contribution >= 0.6 is 0 Å².